The van der Waals surface area contributed by atoms with Gasteiger partial charge in [0, 0.05) is 36.9 Å². The van der Waals surface area contributed by atoms with Crippen LogP contribution in [0, 0.1) is 0 Å². The summed E-state index contributed by atoms with van der Waals surface area (Å²) in [5.74, 6) is 1.09. The number of hydrogen-bond acceptors (Lipinski definition) is 4. The summed E-state index contributed by atoms with van der Waals surface area (Å²) < 4.78 is 2.11. The second-order valence-corrected chi connectivity index (χ2v) is 6.51. The number of likely N-dealkylation sites (N-methyl/N-ethyl adjacent to an activating group) is 1. The minimum Gasteiger partial charge on any atom is -0.336 e. The lowest BCUT2D eigenvalue weighted by Crippen LogP contribution is -2.37. The molecule has 0 bridgehead atoms. The average molecular weight is 290 g/mol. The number of aromatic nitrogens is 2. The molecule has 1 aliphatic heterocycles. The normalized spacial score (nSPS) is 21.4. The number of imidazole rings is 1. The number of aryl methyl sites for hydroxylation is 1. The fourth-order valence-electron chi connectivity index (χ4n) is 2.92. The van der Waals surface area contributed by atoms with Gasteiger partial charge in [0.05, 0.1) is 0 Å². The van der Waals surface area contributed by atoms with Gasteiger partial charge in [0.2, 0.25) is 0 Å². The first-order valence-electron chi connectivity index (χ1n) is 7.20. The SMILES string of the molecule is CN1CCCC1CNC(c1cccs1)c1nccn1C. The molecule has 1 saturated heterocycles. The highest BCUT2D eigenvalue weighted by Crippen LogP contribution is 2.25. The molecule has 0 amide bonds. The van der Waals surface area contributed by atoms with Gasteiger partial charge in [-0.25, -0.2) is 4.98 Å². The second-order valence-electron chi connectivity index (χ2n) is 5.53. The third-order valence-corrected chi connectivity index (χ3v) is 5.11. The molecule has 2 aromatic rings. The van der Waals surface area contributed by atoms with E-state index in [1.165, 1.54) is 24.3 Å². The van der Waals surface area contributed by atoms with Crippen LogP contribution in [0.15, 0.2) is 29.9 Å². The zero-order chi connectivity index (χ0) is 13.9. The van der Waals surface area contributed by atoms with E-state index in [2.05, 4.69) is 51.4 Å². The van der Waals surface area contributed by atoms with Crippen molar-refractivity contribution in [3.63, 3.8) is 0 Å². The highest BCUT2D eigenvalue weighted by atomic mass is 32.1. The van der Waals surface area contributed by atoms with Gasteiger partial charge in [0.25, 0.3) is 0 Å². The predicted molar refractivity (Wildman–Crippen MR) is 83.0 cm³/mol. The molecule has 0 aliphatic carbocycles. The van der Waals surface area contributed by atoms with Gasteiger partial charge >= 0.3 is 0 Å². The fraction of sp³-hybridized carbons (Fsp3) is 0.533. The third kappa shape index (κ3) is 2.80. The summed E-state index contributed by atoms with van der Waals surface area (Å²) in [6, 6.07) is 5.15. The molecule has 4 nitrogen and oxygen atoms in total. The van der Waals surface area contributed by atoms with E-state index in [1.54, 1.807) is 11.3 Å². The third-order valence-electron chi connectivity index (χ3n) is 4.17. The zero-order valence-corrected chi connectivity index (χ0v) is 12.9. The number of nitrogens with one attached hydrogen (secondary N) is 1. The topological polar surface area (TPSA) is 33.1 Å². The Morgan fingerprint density at radius 3 is 3.00 bits per heavy atom. The summed E-state index contributed by atoms with van der Waals surface area (Å²) in [5.41, 5.74) is 0. The van der Waals surface area contributed by atoms with Gasteiger partial charge in [0.15, 0.2) is 0 Å². The van der Waals surface area contributed by atoms with Gasteiger partial charge in [-0.1, -0.05) is 6.07 Å². The van der Waals surface area contributed by atoms with Crippen molar-refractivity contribution in [2.75, 3.05) is 20.1 Å². The van der Waals surface area contributed by atoms with Crippen LogP contribution in [0.3, 0.4) is 0 Å². The molecule has 2 unspecified atom stereocenters. The highest BCUT2D eigenvalue weighted by Gasteiger charge is 2.24. The molecule has 108 valence electrons. The lowest BCUT2D eigenvalue weighted by Gasteiger charge is -2.24. The van der Waals surface area contributed by atoms with E-state index in [-0.39, 0.29) is 6.04 Å². The molecule has 5 heteroatoms. The largest absolute Gasteiger partial charge is 0.336 e. The first-order valence-corrected chi connectivity index (χ1v) is 8.08. The lowest BCUT2D eigenvalue weighted by molar-refractivity contribution is 0.294. The number of nitrogens with zero attached hydrogens (tertiary/aromatic N) is 3. The molecule has 3 rings (SSSR count). The minimum absolute atomic E-state index is 0.198. The predicted octanol–water partition coefficient (Wildman–Crippen LogP) is 2.25. The van der Waals surface area contributed by atoms with Crippen molar-refractivity contribution in [1.29, 1.82) is 0 Å². The fourth-order valence-corrected chi connectivity index (χ4v) is 3.72. The molecule has 0 aromatic carbocycles. The molecule has 1 aliphatic rings. The van der Waals surface area contributed by atoms with Crippen LogP contribution in [0.4, 0.5) is 0 Å². The van der Waals surface area contributed by atoms with E-state index in [1.807, 2.05) is 12.4 Å². The number of rotatable bonds is 5. The van der Waals surface area contributed by atoms with Crippen LogP contribution in [0.2, 0.25) is 0 Å². The molecule has 1 fully saturated rings. The van der Waals surface area contributed by atoms with Crippen molar-refractivity contribution in [2.45, 2.75) is 24.9 Å². The van der Waals surface area contributed by atoms with Crippen LogP contribution in [0.1, 0.15) is 29.6 Å². The van der Waals surface area contributed by atoms with Gasteiger partial charge in [-0.05, 0) is 37.9 Å². The smallest absolute Gasteiger partial charge is 0.131 e. The van der Waals surface area contributed by atoms with Crippen LogP contribution < -0.4 is 5.32 Å². The summed E-state index contributed by atoms with van der Waals surface area (Å²) in [4.78, 5) is 8.32. The number of hydrogen-bond donors (Lipinski definition) is 1. The molecule has 2 aromatic heterocycles. The number of likely N-dealkylation sites (tertiary alicyclic amines) is 1. The maximum atomic E-state index is 4.53. The summed E-state index contributed by atoms with van der Waals surface area (Å²) >= 11 is 1.79. The minimum atomic E-state index is 0.198. The summed E-state index contributed by atoms with van der Waals surface area (Å²) in [5, 5.41) is 5.86. The van der Waals surface area contributed by atoms with Crippen molar-refractivity contribution in [1.82, 2.24) is 19.8 Å². The Hall–Kier alpha value is -1.17. The monoisotopic (exact) mass is 290 g/mol. The Balaban J connectivity index is 1.75. The highest BCUT2D eigenvalue weighted by molar-refractivity contribution is 7.10. The van der Waals surface area contributed by atoms with Gasteiger partial charge in [-0.15, -0.1) is 11.3 Å². The molecule has 1 N–H and O–H groups in total. The van der Waals surface area contributed by atoms with Gasteiger partial charge in [-0.2, -0.15) is 0 Å². The lowest BCUT2D eigenvalue weighted by atomic mass is 10.1. The van der Waals surface area contributed by atoms with Gasteiger partial charge in [0.1, 0.15) is 11.9 Å². The first-order chi connectivity index (χ1) is 9.75. The van der Waals surface area contributed by atoms with Crippen LogP contribution in [-0.2, 0) is 7.05 Å². The molecular formula is C15H22N4S. The molecule has 0 spiro atoms. The Bertz CT molecular complexity index is 534. The molecule has 20 heavy (non-hydrogen) atoms. The van der Waals surface area contributed by atoms with Gasteiger partial charge < -0.3 is 14.8 Å². The summed E-state index contributed by atoms with van der Waals surface area (Å²) in [7, 11) is 4.28. The van der Waals surface area contributed by atoms with E-state index >= 15 is 0 Å². The van der Waals surface area contributed by atoms with E-state index in [9.17, 15) is 0 Å². The molecular weight excluding hydrogens is 268 g/mol. The molecule has 2 atom stereocenters. The summed E-state index contributed by atoms with van der Waals surface area (Å²) in [6.45, 7) is 2.24. The van der Waals surface area contributed by atoms with Crippen LogP contribution in [0.25, 0.3) is 0 Å². The van der Waals surface area contributed by atoms with Gasteiger partial charge in [-0.3, -0.25) is 0 Å². The standard InChI is InChI=1S/C15H22N4S/c1-18-8-3-5-12(18)11-17-14(13-6-4-10-20-13)15-16-7-9-19(15)2/h4,6-7,9-10,12,14,17H,3,5,8,11H2,1-2H3. The molecule has 3 heterocycles. The van der Waals surface area contributed by atoms with E-state index in [0.29, 0.717) is 6.04 Å². The van der Waals surface area contributed by atoms with Crippen molar-refractivity contribution in [3.8, 4) is 0 Å². The average Bonchev–Trinajstić information content (AvgIpc) is 3.15. The first kappa shape index (κ1) is 13.8. The van der Waals surface area contributed by atoms with Crippen LogP contribution >= 0.6 is 11.3 Å². The Morgan fingerprint density at radius 1 is 1.50 bits per heavy atom. The van der Waals surface area contributed by atoms with E-state index in [0.717, 1.165) is 12.4 Å². The maximum Gasteiger partial charge on any atom is 0.131 e. The summed E-state index contributed by atoms with van der Waals surface area (Å²) in [6.07, 6.45) is 6.49. The van der Waals surface area contributed by atoms with Crippen molar-refractivity contribution >= 4 is 11.3 Å². The van der Waals surface area contributed by atoms with Crippen LogP contribution in [-0.4, -0.2) is 40.6 Å². The Labute approximate surface area is 124 Å². The van der Waals surface area contributed by atoms with Crippen molar-refractivity contribution < 1.29 is 0 Å². The Kier molecular flexibility index (Phi) is 4.19. The quantitative estimate of drug-likeness (QED) is 0.917. The van der Waals surface area contributed by atoms with Crippen molar-refractivity contribution in [2.24, 2.45) is 7.05 Å². The molecule has 0 radical (unpaired) electrons. The zero-order valence-electron chi connectivity index (χ0n) is 12.1. The second kappa shape index (κ2) is 6.08. The van der Waals surface area contributed by atoms with E-state index < -0.39 is 0 Å². The maximum absolute atomic E-state index is 4.53. The van der Waals surface area contributed by atoms with Crippen molar-refractivity contribution in [3.05, 3.63) is 40.6 Å². The Morgan fingerprint density at radius 2 is 2.40 bits per heavy atom. The van der Waals surface area contributed by atoms with Crippen LogP contribution in [0.5, 0.6) is 0 Å². The van der Waals surface area contributed by atoms with E-state index in [4.69, 9.17) is 0 Å². The number of thiophene rings is 1. The molecule has 0 saturated carbocycles.